The van der Waals surface area contributed by atoms with E-state index in [4.69, 9.17) is 14.2 Å². The molecule has 0 N–H and O–H groups in total. The van der Waals surface area contributed by atoms with E-state index in [1.165, 1.54) is 0 Å². The predicted octanol–water partition coefficient (Wildman–Crippen LogP) is 4.09. The normalized spacial score (nSPS) is 17.5. The van der Waals surface area contributed by atoms with Gasteiger partial charge in [-0.25, -0.2) is 4.79 Å². The average Bonchev–Trinajstić information content (AvgIpc) is 2.72. The van der Waals surface area contributed by atoms with Crippen LogP contribution in [0.15, 0.2) is 24.4 Å². The number of amides is 1. The molecule has 0 aliphatic carbocycles. The Labute approximate surface area is 177 Å². The molecular formula is C23H31N3O4. The highest BCUT2D eigenvalue weighted by Crippen LogP contribution is 2.39. The summed E-state index contributed by atoms with van der Waals surface area (Å²) >= 11 is 0. The van der Waals surface area contributed by atoms with E-state index in [-0.39, 0.29) is 6.09 Å². The lowest BCUT2D eigenvalue weighted by atomic mass is 9.95. The Balaban J connectivity index is 1.47. The SMILES string of the molecule is COc1ccc2ncc3c(c2c1)N(CC1CCN(C(=O)OC(C)(C)C)CC1)CCO3. The minimum Gasteiger partial charge on any atom is -0.497 e. The zero-order valence-electron chi connectivity index (χ0n) is 18.3. The maximum absolute atomic E-state index is 12.3. The number of aromatic nitrogens is 1. The van der Waals surface area contributed by atoms with Crippen molar-refractivity contribution in [2.75, 3.05) is 44.8 Å². The van der Waals surface area contributed by atoms with Crippen LogP contribution in [0.4, 0.5) is 10.5 Å². The van der Waals surface area contributed by atoms with Gasteiger partial charge in [-0.2, -0.15) is 0 Å². The van der Waals surface area contributed by atoms with Crippen molar-refractivity contribution < 1.29 is 19.0 Å². The third-order valence-electron chi connectivity index (χ3n) is 5.69. The van der Waals surface area contributed by atoms with E-state index in [0.717, 1.165) is 67.1 Å². The van der Waals surface area contributed by atoms with Crippen LogP contribution >= 0.6 is 0 Å². The molecule has 4 rings (SSSR count). The Bertz CT molecular complexity index is 911. The summed E-state index contributed by atoms with van der Waals surface area (Å²) in [6.45, 7) is 9.62. The predicted molar refractivity (Wildman–Crippen MR) is 117 cm³/mol. The Kier molecular flexibility index (Phi) is 5.62. The van der Waals surface area contributed by atoms with E-state index in [1.807, 2.05) is 50.1 Å². The van der Waals surface area contributed by atoms with Gasteiger partial charge in [0.25, 0.3) is 0 Å². The van der Waals surface area contributed by atoms with Gasteiger partial charge in [0.05, 0.1) is 31.1 Å². The number of ether oxygens (including phenoxy) is 3. The molecule has 1 amide bonds. The molecule has 0 unspecified atom stereocenters. The number of piperidine rings is 1. The van der Waals surface area contributed by atoms with Crippen molar-refractivity contribution in [1.29, 1.82) is 0 Å². The molecule has 2 aliphatic heterocycles. The van der Waals surface area contributed by atoms with Crippen molar-refractivity contribution in [3.05, 3.63) is 24.4 Å². The van der Waals surface area contributed by atoms with Gasteiger partial charge in [0.1, 0.15) is 18.0 Å². The van der Waals surface area contributed by atoms with Crippen LogP contribution in [0.1, 0.15) is 33.6 Å². The van der Waals surface area contributed by atoms with Gasteiger partial charge in [-0.1, -0.05) is 0 Å². The molecule has 2 aliphatic rings. The average molecular weight is 414 g/mol. The number of anilines is 1. The number of rotatable bonds is 3. The van der Waals surface area contributed by atoms with Gasteiger partial charge < -0.3 is 24.0 Å². The van der Waals surface area contributed by atoms with Crippen molar-refractivity contribution in [3.63, 3.8) is 0 Å². The molecule has 0 atom stereocenters. The first-order valence-electron chi connectivity index (χ1n) is 10.7. The smallest absolute Gasteiger partial charge is 0.410 e. The first-order valence-corrected chi connectivity index (χ1v) is 10.7. The lowest BCUT2D eigenvalue weighted by molar-refractivity contribution is 0.0186. The number of benzene rings is 1. The highest BCUT2D eigenvalue weighted by molar-refractivity contribution is 5.96. The zero-order chi connectivity index (χ0) is 21.3. The molecule has 7 heteroatoms. The summed E-state index contributed by atoms with van der Waals surface area (Å²) in [4.78, 5) is 21.1. The minimum absolute atomic E-state index is 0.207. The van der Waals surface area contributed by atoms with Crippen LogP contribution in [0.25, 0.3) is 10.9 Å². The van der Waals surface area contributed by atoms with Crippen LogP contribution in [0.3, 0.4) is 0 Å². The van der Waals surface area contributed by atoms with Crippen LogP contribution in [0.2, 0.25) is 0 Å². The maximum Gasteiger partial charge on any atom is 0.410 e. The molecule has 1 fully saturated rings. The van der Waals surface area contributed by atoms with Crippen molar-refractivity contribution >= 4 is 22.7 Å². The number of carbonyl (C=O) groups excluding carboxylic acids is 1. The minimum atomic E-state index is -0.457. The first-order chi connectivity index (χ1) is 14.3. The van der Waals surface area contributed by atoms with Crippen LogP contribution < -0.4 is 14.4 Å². The summed E-state index contributed by atoms with van der Waals surface area (Å²) in [6, 6.07) is 5.96. The fraction of sp³-hybridized carbons (Fsp3) is 0.565. The van der Waals surface area contributed by atoms with Gasteiger partial charge in [-0.3, -0.25) is 4.98 Å². The second kappa shape index (κ2) is 8.20. The van der Waals surface area contributed by atoms with Crippen LogP contribution in [-0.4, -0.2) is 61.5 Å². The number of fused-ring (bicyclic) bond motifs is 3. The Morgan fingerprint density at radius 2 is 2.00 bits per heavy atom. The van der Waals surface area contributed by atoms with E-state index in [9.17, 15) is 4.79 Å². The molecule has 7 nitrogen and oxygen atoms in total. The molecule has 3 heterocycles. The molecule has 1 aromatic heterocycles. The van der Waals surface area contributed by atoms with Crippen molar-refractivity contribution in [2.24, 2.45) is 5.92 Å². The summed E-state index contributed by atoms with van der Waals surface area (Å²) in [5, 5.41) is 1.05. The summed E-state index contributed by atoms with van der Waals surface area (Å²) in [5.74, 6) is 2.16. The van der Waals surface area contributed by atoms with E-state index in [0.29, 0.717) is 12.5 Å². The van der Waals surface area contributed by atoms with Crippen LogP contribution in [0.5, 0.6) is 11.5 Å². The number of nitrogens with zero attached hydrogens (tertiary/aromatic N) is 3. The Morgan fingerprint density at radius 1 is 1.23 bits per heavy atom. The monoisotopic (exact) mass is 413 g/mol. The highest BCUT2D eigenvalue weighted by atomic mass is 16.6. The molecule has 0 saturated carbocycles. The summed E-state index contributed by atoms with van der Waals surface area (Å²) in [7, 11) is 1.68. The van der Waals surface area contributed by atoms with Gasteiger partial charge in [-0.05, 0) is 57.7 Å². The van der Waals surface area contributed by atoms with Gasteiger partial charge in [0.15, 0.2) is 5.75 Å². The van der Waals surface area contributed by atoms with Crippen molar-refractivity contribution in [1.82, 2.24) is 9.88 Å². The summed E-state index contributed by atoms with van der Waals surface area (Å²) in [5.41, 5.74) is 1.58. The summed E-state index contributed by atoms with van der Waals surface area (Å²) in [6.07, 6.45) is 3.56. The number of carbonyl (C=O) groups is 1. The van der Waals surface area contributed by atoms with E-state index in [2.05, 4.69) is 9.88 Å². The second-order valence-electron chi connectivity index (χ2n) is 9.06. The molecule has 1 saturated heterocycles. The number of methoxy groups -OCH3 is 1. The quantitative estimate of drug-likeness (QED) is 0.755. The number of hydrogen-bond acceptors (Lipinski definition) is 6. The van der Waals surface area contributed by atoms with Crippen LogP contribution in [0, 0.1) is 5.92 Å². The van der Waals surface area contributed by atoms with Gasteiger partial charge in [0, 0.05) is 25.0 Å². The maximum atomic E-state index is 12.3. The highest BCUT2D eigenvalue weighted by Gasteiger charge is 2.30. The third-order valence-corrected chi connectivity index (χ3v) is 5.69. The van der Waals surface area contributed by atoms with Crippen molar-refractivity contribution in [2.45, 2.75) is 39.2 Å². The van der Waals surface area contributed by atoms with Crippen molar-refractivity contribution in [3.8, 4) is 11.5 Å². The molecule has 0 bridgehead atoms. The van der Waals surface area contributed by atoms with Gasteiger partial charge >= 0.3 is 6.09 Å². The molecular weight excluding hydrogens is 382 g/mol. The number of likely N-dealkylation sites (tertiary alicyclic amines) is 1. The Hall–Kier alpha value is -2.70. The fourth-order valence-electron chi connectivity index (χ4n) is 4.19. The van der Waals surface area contributed by atoms with E-state index in [1.54, 1.807) is 7.11 Å². The Morgan fingerprint density at radius 3 is 2.70 bits per heavy atom. The van der Waals surface area contributed by atoms with Gasteiger partial charge in [-0.15, -0.1) is 0 Å². The first kappa shape index (κ1) is 20.6. The fourth-order valence-corrected chi connectivity index (χ4v) is 4.19. The second-order valence-corrected chi connectivity index (χ2v) is 9.06. The van der Waals surface area contributed by atoms with Crippen LogP contribution in [-0.2, 0) is 4.74 Å². The number of hydrogen-bond donors (Lipinski definition) is 0. The zero-order valence-corrected chi connectivity index (χ0v) is 18.3. The largest absolute Gasteiger partial charge is 0.497 e. The molecule has 2 aromatic rings. The lowest BCUT2D eigenvalue weighted by Gasteiger charge is -2.38. The number of pyridine rings is 1. The molecule has 0 spiro atoms. The summed E-state index contributed by atoms with van der Waals surface area (Å²) < 4.78 is 16.9. The van der Waals surface area contributed by atoms with E-state index >= 15 is 0 Å². The standard InChI is InChI=1S/C23H31N3O4/c1-23(2,3)30-22(27)25-9-7-16(8-10-25)15-26-11-12-29-20-14-24-19-6-5-17(28-4)13-18(19)21(20)26/h5-6,13-14,16H,7-12,15H2,1-4H3. The molecule has 0 radical (unpaired) electrons. The lowest BCUT2D eigenvalue weighted by Crippen LogP contribution is -2.44. The topological polar surface area (TPSA) is 64.1 Å². The molecule has 1 aromatic carbocycles. The third kappa shape index (κ3) is 4.40. The van der Waals surface area contributed by atoms with E-state index < -0.39 is 5.60 Å². The molecule has 162 valence electrons. The molecule has 30 heavy (non-hydrogen) atoms. The van der Waals surface area contributed by atoms with Gasteiger partial charge in [0.2, 0.25) is 0 Å².